The molecule has 4 heteroatoms. The van der Waals surface area contributed by atoms with Gasteiger partial charge in [0.1, 0.15) is 5.75 Å². The van der Waals surface area contributed by atoms with E-state index in [1.165, 1.54) is 0 Å². The Morgan fingerprint density at radius 3 is 2.60 bits per heavy atom. The molecule has 1 N–H and O–H groups in total. The van der Waals surface area contributed by atoms with Crippen LogP contribution in [0.15, 0.2) is 54.6 Å². The molecule has 132 valence electrons. The van der Waals surface area contributed by atoms with Crippen LogP contribution in [0.3, 0.4) is 0 Å². The first kappa shape index (κ1) is 17.5. The number of ether oxygens (including phenoxy) is 1. The first-order chi connectivity index (χ1) is 12.2. The minimum absolute atomic E-state index is 0.112. The number of aliphatic hydroxyl groups is 1. The summed E-state index contributed by atoms with van der Waals surface area (Å²) in [6.07, 6.45) is 2.42. The second-order valence-corrected chi connectivity index (χ2v) is 6.57. The molecule has 1 saturated heterocycles. The van der Waals surface area contributed by atoms with Crippen LogP contribution in [0.5, 0.6) is 5.75 Å². The third-order valence-corrected chi connectivity index (χ3v) is 4.89. The van der Waals surface area contributed by atoms with Gasteiger partial charge in [-0.1, -0.05) is 42.5 Å². The molecule has 0 aromatic heterocycles. The molecule has 1 heterocycles. The van der Waals surface area contributed by atoms with Crippen molar-refractivity contribution < 1.29 is 14.6 Å². The number of nitrogens with zero attached hydrogens (tertiary/aromatic N) is 1. The second-order valence-electron chi connectivity index (χ2n) is 6.57. The number of likely N-dealkylation sites (tertiary alicyclic amines) is 1. The summed E-state index contributed by atoms with van der Waals surface area (Å²) in [4.78, 5) is 14.7. The number of hydrogen-bond acceptors (Lipinski definition) is 3. The van der Waals surface area contributed by atoms with Crippen LogP contribution >= 0.6 is 0 Å². The zero-order valence-corrected chi connectivity index (χ0v) is 14.6. The van der Waals surface area contributed by atoms with Crippen LogP contribution in [0.2, 0.25) is 0 Å². The van der Waals surface area contributed by atoms with Gasteiger partial charge in [-0.25, -0.2) is 0 Å². The number of benzene rings is 2. The van der Waals surface area contributed by atoms with Crippen molar-refractivity contribution in [3.05, 3.63) is 65.7 Å². The highest BCUT2D eigenvalue weighted by atomic mass is 16.5. The van der Waals surface area contributed by atoms with E-state index >= 15 is 0 Å². The number of rotatable bonds is 6. The summed E-state index contributed by atoms with van der Waals surface area (Å²) in [5.41, 5.74) is 1.90. The molecule has 1 amide bonds. The maximum absolute atomic E-state index is 12.7. The summed E-state index contributed by atoms with van der Waals surface area (Å²) in [5, 5.41) is 10.5. The average Bonchev–Trinajstić information content (AvgIpc) is 3.11. The zero-order valence-electron chi connectivity index (χ0n) is 14.6. The lowest BCUT2D eigenvalue weighted by Gasteiger charge is -2.27. The number of methoxy groups -OCH3 is 1. The summed E-state index contributed by atoms with van der Waals surface area (Å²) in [6, 6.07) is 17.4. The van der Waals surface area contributed by atoms with Gasteiger partial charge < -0.3 is 14.7 Å². The first-order valence-electron chi connectivity index (χ1n) is 8.83. The topological polar surface area (TPSA) is 49.8 Å². The Bertz CT molecular complexity index is 684. The molecule has 2 aromatic carbocycles. The standard InChI is InChI=1S/C21H25NO3/c1-25-19-11-9-16(10-12-19)14-21(24)22-13-5-8-18(22)15-20(23)17-6-3-2-4-7-17/h2-4,6-7,9-12,18,20,23H,5,8,13-15H2,1H3/t18-,20-/m1/s1. The van der Waals surface area contributed by atoms with E-state index in [9.17, 15) is 9.90 Å². The monoisotopic (exact) mass is 339 g/mol. The van der Waals surface area contributed by atoms with Crippen molar-refractivity contribution >= 4 is 5.91 Å². The summed E-state index contributed by atoms with van der Waals surface area (Å²) in [5.74, 6) is 0.925. The van der Waals surface area contributed by atoms with E-state index < -0.39 is 6.10 Å². The van der Waals surface area contributed by atoms with Crippen molar-refractivity contribution in [3.8, 4) is 5.75 Å². The number of aliphatic hydroxyl groups excluding tert-OH is 1. The smallest absolute Gasteiger partial charge is 0.227 e. The van der Waals surface area contributed by atoms with Crippen LogP contribution in [0.4, 0.5) is 0 Å². The molecule has 0 aliphatic carbocycles. The fourth-order valence-electron chi connectivity index (χ4n) is 3.50. The van der Waals surface area contributed by atoms with Crippen molar-refractivity contribution in [2.45, 2.75) is 37.8 Å². The van der Waals surface area contributed by atoms with Crippen LogP contribution in [-0.2, 0) is 11.2 Å². The third kappa shape index (κ3) is 4.40. The van der Waals surface area contributed by atoms with Crippen LogP contribution in [-0.4, -0.2) is 35.6 Å². The summed E-state index contributed by atoms with van der Waals surface area (Å²) < 4.78 is 5.15. The predicted molar refractivity (Wildman–Crippen MR) is 97.5 cm³/mol. The Labute approximate surface area is 149 Å². The molecular formula is C21H25NO3. The minimum atomic E-state index is -0.527. The van der Waals surface area contributed by atoms with Gasteiger partial charge in [-0.05, 0) is 42.5 Å². The van der Waals surface area contributed by atoms with Gasteiger partial charge in [-0.15, -0.1) is 0 Å². The largest absolute Gasteiger partial charge is 0.497 e. The molecule has 1 aliphatic rings. The summed E-state index contributed by atoms with van der Waals surface area (Å²) in [7, 11) is 1.63. The zero-order chi connectivity index (χ0) is 17.6. The number of amides is 1. The van der Waals surface area contributed by atoms with Crippen molar-refractivity contribution in [3.63, 3.8) is 0 Å². The average molecular weight is 339 g/mol. The normalized spacial score (nSPS) is 18.2. The van der Waals surface area contributed by atoms with Gasteiger partial charge in [0.25, 0.3) is 0 Å². The van der Waals surface area contributed by atoms with E-state index in [0.717, 1.165) is 36.3 Å². The molecule has 0 spiro atoms. The Hall–Kier alpha value is -2.33. The van der Waals surface area contributed by atoms with Crippen LogP contribution in [0.1, 0.15) is 36.5 Å². The molecule has 3 rings (SSSR count). The van der Waals surface area contributed by atoms with E-state index in [4.69, 9.17) is 4.74 Å². The minimum Gasteiger partial charge on any atom is -0.497 e. The Morgan fingerprint density at radius 1 is 1.20 bits per heavy atom. The summed E-state index contributed by atoms with van der Waals surface area (Å²) >= 11 is 0. The highest BCUT2D eigenvalue weighted by molar-refractivity contribution is 5.79. The molecule has 0 bridgehead atoms. The predicted octanol–water partition coefficient (Wildman–Crippen LogP) is 3.35. The lowest BCUT2D eigenvalue weighted by molar-refractivity contribution is -0.131. The molecule has 2 atom stereocenters. The van der Waals surface area contributed by atoms with Gasteiger partial charge in [0, 0.05) is 12.6 Å². The molecule has 1 aliphatic heterocycles. The molecule has 0 radical (unpaired) electrons. The maximum Gasteiger partial charge on any atom is 0.227 e. The lowest BCUT2D eigenvalue weighted by Crippen LogP contribution is -2.37. The second kappa shape index (κ2) is 8.17. The molecule has 0 unspecified atom stereocenters. The van der Waals surface area contributed by atoms with Crippen molar-refractivity contribution in [1.82, 2.24) is 4.90 Å². The molecule has 25 heavy (non-hydrogen) atoms. The summed E-state index contributed by atoms with van der Waals surface area (Å²) in [6.45, 7) is 0.779. The van der Waals surface area contributed by atoms with E-state index in [1.54, 1.807) is 7.11 Å². The van der Waals surface area contributed by atoms with Crippen molar-refractivity contribution in [2.75, 3.05) is 13.7 Å². The van der Waals surface area contributed by atoms with E-state index in [0.29, 0.717) is 12.8 Å². The number of carbonyl (C=O) groups excluding carboxylic acids is 1. The fourth-order valence-corrected chi connectivity index (χ4v) is 3.50. The van der Waals surface area contributed by atoms with Gasteiger partial charge in [0.2, 0.25) is 5.91 Å². The Morgan fingerprint density at radius 2 is 1.92 bits per heavy atom. The van der Waals surface area contributed by atoms with Crippen LogP contribution in [0, 0.1) is 0 Å². The highest BCUT2D eigenvalue weighted by Crippen LogP contribution is 2.28. The molecule has 4 nitrogen and oxygen atoms in total. The van der Waals surface area contributed by atoms with Crippen molar-refractivity contribution in [2.24, 2.45) is 0 Å². The van der Waals surface area contributed by atoms with E-state index in [1.807, 2.05) is 59.5 Å². The molecule has 2 aromatic rings. The van der Waals surface area contributed by atoms with Gasteiger partial charge in [-0.2, -0.15) is 0 Å². The first-order valence-corrected chi connectivity index (χ1v) is 8.83. The number of hydrogen-bond donors (Lipinski definition) is 1. The van der Waals surface area contributed by atoms with Crippen LogP contribution in [0.25, 0.3) is 0 Å². The molecular weight excluding hydrogens is 314 g/mol. The third-order valence-electron chi connectivity index (χ3n) is 4.89. The number of carbonyl (C=O) groups is 1. The maximum atomic E-state index is 12.7. The van der Waals surface area contributed by atoms with Gasteiger partial charge in [-0.3, -0.25) is 4.79 Å². The fraction of sp³-hybridized carbons (Fsp3) is 0.381. The van der Waals surface area contributed by atoms with Gasteiger partial charge >= 0.3 is 0 Å². The Kier molecular flexibility index (Phi) is 5.71. The van der Waals surface area contributed by atoms with Gasteiger partial charge in [0.15, 0.2) is 0 Å². The lowest BCUT2D eigenvalue weighted by atomic mass is 10.00. The molecule has 1 fully saturated rings. The highest BCUT2D eigenvalue weighted by Gasteiger charge is 2.30. The van der Waals surface area contributed by atoms with Gasteiger partial charge in [0.05, 0.1) is 19.6 Å². The van der Waals surface area contributed by atoms with E-state index in [2.05, 4.69) is 0 Å². The van der Waals surface area contributed by atoms with E-state index in [-0.39, 0.29) is 11.9 Å². The Balaban J connectivity index is 1.61. The molecule has 0 saturated carbocycles. The van der Waals surface area contributed by atoms with Crippen LogP contribution < -0.4 is 4.74 Å². The quantitative estimate of drug-likeness (QED) is 0.878. The van der Waals surface area contributed by atoms with Crippen molar-refractivity contribution in [1.29, 1.82) is 0 Å². The SMILES string of the molecule is COc1ccc(CC(=O)N2CCC[C@@H]2C[C@@H](O)c2ccccc2)cc1.